The minimum absolute atomic E-state index is 0.00414. The van der Waals surface area contributed by atoms with Crippen LogP contribution in [0.1, 0.15) is 85.0 Å². The molecule has 188 valence electrons. The fourth-order valence-electron chi connectivity index (χ4n) is 5.79. The molecule has 0 radical (unpaired) electrons. The lowest BCUT2D eigenvalue weighted by atomic mass is 9.86. The molecular formula is C30H40N2O3. The van der Waals surface area contributed by atoms with Crippen LogP contribution in [0.5, 0.6) is 5.75 Å². The molecule has 35 heavy (non-hydrogen) atoms. The van der Waals surface area contributed by atoms with Gasteiger partial charge in [0.15, 0.2) is 0 Å². The van der Waals surface area contributed by atoms with Crippen molar-refractivity contribution in [3.8, 4) is 5.75 Å². The summed E-state index contributed by atoms with van der Waals surface area (Å²) in [7, 11) is 0. The lowest BCUT2D eigenvalue weighted by molar-refractivity contribution is 0.0679. The molecule has 3 aliphatic rings. The van der Waals surface area contributed by atoms with Crippen LogP contribution in [0.25, 0.3) is 0 Å². The van der Waals surface area contributed by atoms with Gasteiger partial charge >= 0.3 is 0 Å². The van der Waals surface area contributed by atoms with Crippen LogP contribution in [0.3, 0.4) is 0 Å². The second-order valence-corrected chi connectivity index (χ2v) is 10.5. The maximum absolute atomic E-state index is 12.9. The van der Waals surface area contributed by atoms with Gasteiger partial charge in [0.1, 0.15) is 12.4 Å². The summed E-state index contributed by atoms with van der Waals surface area (Å²) in [5, 5.41) is 3.26. The number of nitrogens with zero attached hydrogens (tertiary/aromatic N) is 1. The highest BCUT2D eigenvalue weighted by Gasteiger charge is 2.23. The van der Waals surface area contributed by atoms with Crippen LogP contribution in [0.2, 0.25) is 0 Å². The van der Waals surface area contributed by atoms with E-state index in [0.717, 1.165) is 44.5 Å². The highest BCUT2D eigenvalue weighted by Crippen LogP contribution is 2.29. The highest BCUT2D eigenvalue weighted by molar-refractivity contribution is 5.94. The zero-order chi connectivity index (χ0) is 24.0. The Bertz CT molecular complexity index is 976. The van der Waals surface area contributed by atoms with E-state index >= 15 is 0 Å². The predicted molar refractivity (Wildman–Crippen MR) is 139 cm³/mol. The van der Waals surface area contributed by atoms with Crippen LogP contribution in [0.15, 0.2) is 42.5 Å². The Morgan fingerprint density at radius 2 is 1.83 bits per heavy atom. The molecule has 0 bridgehead atoms. The van der Waals surface area contributed by atoms with Crippen molar-refractivity contribution in [2.75, 3.05) is 26.3 Å². The number of hydrogen-bond acceptors (Lipinski definition) is 4. The van der Waals surface area contributed by atoms with Gasteiger partial charge in [-0.15, -0.1) is 0 Å². The van der Waals surface area contributed by atoms with Crippen LogP contribution >= 0.6 is 0 Å². The second kappa shape index (κ2) is 11.6. The van der Waals surface area contributed by atoms with Crippen molar-refractivity contribution in [3.63, 3.8) is 0 Å². The van der Waals surface area contributed by atoms with Gasteiger partial charge in [-0.2, -0.15) is 0 Å². The standard InChI is InChI=1S/C30H40N2O3/c1-22(32-16-4-2-3-5-17-32)24-8-9-26-20-27(13-10-25(26)19-24)31-30(33)23-11-14-28(15-12-23)35-21-29-7-6-18-34-29/h8-9,11-12,14-15,19,22,27,29H,2-7,10,13,16-18,20-21H2,1H3,(H,31,33)/t22-,27+,29+/m1/s1. The summed E-state index contributed by atoms with van der Waals surface area (Å²) >= 11 is 0. The van der Waals surface area contributed by atoms with Crippen molar-refractivity contribution >= 4 is 5.91 Å². The molecule has 0 aromatic heterocycles. The second-order valence-electron chi connectivity index (χ2n) is 10.5. The zero-order valence-electron chi connectivity index (χ0n) is 21.1. The first kappa shape index (κ1) is 24.3. The van der Waals surface area contributed by atoms with Gasteiger partial charge in [0, 0.05) is 24.3 Å². The van der Waals surface area contributed by atoms with Crippen molar-refractivity contribution in [2.45, 2.75) is 82.9 Å². The van der Waals surface area contributed by atoms with Crippen LogP contribution < -0.4 is 10.1 Å². The number of nitrogens with one attached hydrogen (secondary N) is 1. The largest absolute Gasteiger partial charge is 0.491 e. The Balaban J connectivity index is 1.14. The summed E-state index contributed by atoms with van der Waals surface area (Å²) in [6.07, 6.45) is 10.7. The number of ether oxygens (including phenoxy) is 2. The Labute approximate surface area is 210 Å². The van der Waals surface area contributed by atoms with E-state index in [1.807, 2.05) is 24.3 Å². The van der Waals surface area contributed by atoms with E-state index in [4.69, 9.17) is 9.47 Å². The van der Waals surface area contributed by atoms with Crippen molar-refractivity contribution in [1.29, 1.82) is 0 Å². The third kappa shape index (κ3) is 6.25. The predicted octanol–water partition coefficient (Wildman–Crippen LogP) is 5.47. The first-order valence-electron chi connectivity index (χ1n) is 13.7. The van der Waals surface area contributed by atoms with Crippen molar-refractivity contribution in [3.05, 3.63) is 64.7 Å². The van der Waals surface area contributed by atoms with E-state index in [1.54, 1.807) is 0 Å². The van der Waals surface area contributed by atoms with E-state index in [1.165, 1.54) is 55.5 Å². The van der Waals surface area contributed by atoms with E-state index in [9.17, 15) is 4.79 Å². The number of carbonyl (C=O) groups excluding carboxylic acids is 1. The first-order chi connectivity index (χ1) is 17.2. The van der Waals surface area contributed by atoms with Crippen molar-refractivity contribution in [2.24, 2.45) is 0 Å². The molecule has 5 nitrogen and oxygen atoms in total. The number of fused-ring (bicyclic) bond motifs is 1. The fraction of sp³-hybridized carbons (Fsp3) is 0.567. The van der Waals surface area contributed by atoms with Crippen LogP contribution in [0, 0.1) is 0 Å². The van der Waals surface area contributed by atoms with Gasteiger partial charge < -0.3 is 14.8 Å². The van der Waals surface area contributed by atoms with E-state index in [-0.39, 0.29) is 18.1 Å². The molecule has 1 amide bonds. The molecule has 0 unspecified atom stereocenters. The molecule has 3 atom stereocenters. The molecule has 2 aliphatic heterocycles. The molecule has 2 aromatic carbocycles. The summed E-state index contributed by atoms with van der Waals surface area (Å²) in [6.45, 7) is 6.20. The average molecular weight is 477 g/mol. The highest BCUT2D eigenvalue weighted by atomic mass is 16.5. The molecule has 2 aromatic rings. The number of aryl methyl sites for hydroxylation is 1. The normalized spacial score (nSPS) is 23.8. The Morgan fingerprint density at radius 1 is 1.03 bits per heavy atom. The molecular weight excluding hydrogens is 436 g/mol. The van der Waals surface area contributed by atoms with E-state index < -0.39 is 0 Å². The van der Waals surface area contributed by atoms with Gasteiger partial charge in [-0.25, -0.2) is 0 Å². The smallest absolute Gasteiger partial charge is 0.251 e. The minimum Gasteiger partial charge on any atom is -0.491 e. The fourth-order valence-corrected chi connectivity index (χ4v) is 5.79. The quantitative estimate of drug-likeness (QED) is 0.576. The van der Waals surface area contributed by atoms with Gasteiger partial charge in [0.2, 0.25) is 0 Å². The van der Waals surface area contributed by atoms with E-state index in [2.05, 4.69) is 35.3 Å². The number of hydrogen-bond donors (Lipinski definition) is 1. The summed E-state index contributed by atoms with van der Waals surface area (Å²) < 4.78 is 11.4. The zero-order valence-corrected chi connectivity index (χ0v) is 21.1. The Morgan fingerprint density at radius 3 is 2.57 bits per heavy atom. The summed E-state index contributed by atoms with van der Waals surface area (Å²) in [4.78, 5) is 15.5. The topological polar surface area (TPSA) is 50.8 Å². The van der Waals surface area contributed by atoms with Crippen LogP contribution in [-0.2, 0) is 17.6 Å². The van der Waals surface area contributed by atoms with Crippen molar-refractivity contribution < 1.29 is 14.3 Å². The minimum atomic E-state index is -0.00414. The van der Waals surface area contributed by atoms with Gasteiger partial charge in [0.25, 0.3) is 5.91 Å². The number of benzene rings is 2. The lowest BCUT2D eigenvalue weighted by Gasteiger charge is -2.30. The van der Waals surface area contributed by atoms with E-state index in [0.29, 0.717) is 18.2 Å². The Kier molecular flexibility index (Phi) is 8.05. The van der Waals surface area contributed by atoms with Crippen LogP contribution in [-0.4, -0.2) is 49.3 Å². The monoisotopic (exact) mass is 476 g/mol. The van der Waals surface area contributed by atoms with Gasteiger partial charge in [-0.3, -0.25) is 9.69 Å². The average Bonchev–Trinajstić information content (AvgIpc) is 3.27. The number of amides is 1. The molecule has 5 rings (SSSR count). The third-order valence-electron chi connectivity index (χ3n) is 8.04. The first-order valence-corrected chi connectivity index (χ1v) is 13.7. The summed E-state index contributed by atoms with van der Waals surface area (Å²) in [5.41, 5.74) is 4.96. The molecule has 1 N–H and O–H groups in total. The molecule has 0 spiro atoms. The molecule has 2 heterocycles. The van der Waals surface area contributed by atoms with Gasteiger partial charge in [-0.05, 0) is 106 Å². The number of likely N-dealkylation sites (tertiary alicyclic amines) is 1. The molecule has 1 aliphatic carbocycles. The summed E-state index contributed by atoms with van der Waals surface area (Å²) in [5.74, 6) is 0.782. The maximum Gasteiger partial charge on any atom is 0.251 e. The molecule has 0 saturated carbocycles. The molecule has 5 heteroatoms. The van der Waals surface area contributed by atoms with Gasteiger partial charge in [0.05, 0.1) is 6.10 Å². The summed E-state index contributed by atoms with van der Waals surface area (Å²) in [6, 6.07) is 15.2. The number of rotatable bonds is 7. The lowest BCUT2D eigenvalue weighted by Crippen LogP contribution is -2.39. The SMILES string of the molecule is C[C@H](c1ccc2c(c1)CC[C@H](NC(=O)c1ccc(OC[C@@H]3CCCO3)cc1)C2)N1CCCCCC1. The molecule has 2 fully saturated rings. The third-order valence-corrected chi connectivity index (χ3v) is 8.04. The number of carbonyl (C=O) groups is 1. The van der Waals surface area contributed by atoms with Crippen molar-refractivity contribution in [1.82, 2.24) is 10.2 Å². The van der Waals surface area contributed by atoms with Gasteiger partial charge in [-0.1, -0.05) is 31.0 Å². The molecule has 2 saturated heterocycles. The maximum atomic E-state index is 12.9. The Hall–Kier alpha value is -2.37. The van der Waals surface area contributed by atoms with Crippen LogP contribution in [0.4, 0.5) is 0 Å².